The quantitative estimate of drug-likeness (QED) is 0.670. The van der Waals surface area contributed by atoms with Gasteiger partial charge in [-0.2, -0.15) is 0 Å². The highest BCUT2D eigenvalue weighted by atomic mass is 16.2. The zero-order valence-corrected chi connectivity index (χ0v) is 18.1. The van der Waals surface area contributed by atoms with Gasteiger partial charge in [-0.05, 0) is 50.1 Å². The molecule has 0 atom stereocenters. The molecule has 31 heavy (non-hydrogen) atoms. The van der Waals surface area contributed by atoms with Crippen molar-refractivity contribution in [2.45, 2.75) is 20.8 Å². The Morgan fingerprint density at radius 2 is 1.74 bits per heavy atom. The number of benzene rings is 1. The van der Waals surface area contributed by atoms with Gasteiger partial charge in [-0.1, -0.05) is 18.2 Å². The number of hydrogen-bond acceptors (Lipinski definition) is 6. The van der Waals surface area contributed by atoms with Gasteiger partial charge in [0.2, 0.25) is 0 Å². The Bertz CT molecular complexity index is 1060. The lowest BCUT2D eigenvalue weighted by Gasteiger charge is -2.35. The van der Waals surface area contributed by atoms with Crippen LogP contribution in [0.4, 0.5) is 27.9 Å². The summed E-state index contributed by atoms with van der Waals surface area (Å²) in [5, 5.41) is 6.27. The lowest BCUT2D eigenvalue weighted by atomic mass is 10.1. The first-order chi connectivity index (χ1) is 15.0. The van der Waals surface area contributed by atoms with Gasteiger partial charge in [0.25, 0.3) is 0 Å². The summed E-state index contributed by atoms with van der Waals surface area (Å²) in [5.74, 6) is 2.97. The molecule has 2 N–H and O–H groups in total. The number of urea groups is 1. The summed E-state index contributed by atoms with van der Waals surface area (Å²) in [6, 6.07) is 13.5. The van der Waals surface area contributed by atoms with Crippen molar-refractivity contribution in [3.8, 4) is 0 Å². The number of hydrogen-bond donors (Lipinski definition) is 2. The fourth-order valence-electron chi connectivity index (χ4n) is 3.57. The fraction of sp³-hybridized carbons (Fsp3) is 0.304. The SMILES string of the molecule is Cc1nc(Nc2ccccn2)cc(N2CCN(C(=O)Nc3cccc(C)c3C)CC2)n1. The maximum atomic E-state index is 12.7. The molecular formula is C23H27N7O. The maximum Gasteiger partial charge on any atom is 0.321 e. The number of pyridine rings is 1. The first-order valence-electron chi connectivity index (χ1n) is 10.4. The fourth-order valence-corrected chi connectivity index (χ4v) is 3.57. The number of rotatable bonds is 4. The molecule has 1 aromatic carbocycles. The van der Waals surface area contributed by atoms with Crippen LogP contribution in [0, 0.1) is 20.8 Å². The van der Waals surface area contributed by atoms with Gasteiger partial charge < -0.3 is 20.4 Å². The minimum absolute atomic E-state index is 0.0651. The Balaban J connectivity index is 1.39. The Labute approximate surface area is 182 Å². The second-order valence-corrected chi connectivity index (χ2v) is 7.65. The normalized spacial score (nSPS) is 13.8. The van der Waals surface area contributed by atoms with Gasteiger partial charge in [-0.3, -0.25) is 0 Å². The molecule has 160 valence electrons. The molecule has 0 aliphatic carbocycles. The minimum Gasteiger partial charge on any atom is -0.353 e. The molecule has 3 heterocycles. The van der Waals surface area contributed by atoms with Crippen LogP contribution in [0.2, 0.25) is 0 Å². The molecular weight excluding hydrogens is 390 g/mol. The smallest absolute Gasteiger partial charge is 0.321 e. The largest absolute Gasteiger partial charge is 0.353 e. The van der Waals surface area contributed by atoms with Crippen LogP contribution in [0.15, 0.2) is 48.7 Å². The van der Waals surface area contributed by atoms with E-state index >= 15 is 0 Å². The molecule has 8 nitrogen and oxygen atoms in total. The van der Waals surface area contributed by atoms with Crippen LogP contribution >= 0.6 is 0 Å². The zero-order chi connectivity index (χ0) is 21.8. The molecule has 0 bridgehead atoms. The van der Waals surface area contributed by atoms with Crippen molar-refractivity contribution in [2.75, 3.05) is 41.7 Å². The van der Waals surface area contributed by atoms with Gasteiger partial charge in [0.1, 0.15) is 23.3 Å². The maximum absolute atomic E-state index is 12.7. The number of amides is 2. The minimum atomic E-state index is -0.0651. The van der Waals surface area contributed by atoms with Crippen molar-refractivity contribution in [2.24, 2.45) is 0 Å². The number of piperazine rings is 1. The molecule has 3 aromatic rings. The number of nitrogens with zero attached hydrogens (tertiary/aromatic N) is 5. The number of nitrogens with one attached hydrogen (secondary N) is 2. The third kappa shape index (κ3) is 4.91. The molecule has 1 saturated heterocycles. The lowest BCUT2D eigenvalue weighted by Crippen LogP contribution is -2.50. The van der Waals surface area contributed by atoms with Crippen molar-refractivity contribution in [3.05, 3.63) is 65.6 Å². The third-order valence-corrected chi connectivity index (χ3v) is 5.48. The van der Waals surface area contributed by atoms with Crippen LogP contribution in [-0.2, 0) is 0 Å². The first-order valence-corrected chi connectivity index (χ1v) is 10.4. The first kappa shape index (κ1) is 20.6. The summed E-state index contributed by atoms with van der Waals surface area (Å²) >= 11 is 0. The van der Waals surface area contributed by atoms with Gasteiger partial charge in [-0.25, -0.2) is 19.7 Å². The van der Waals surface area contributed by atoms with Crippen molar-refractivity contribution in [1.29, 1.82) is 0 Å². The Morgan fingerprint density at radius 1 is 0.935 bits per heavy atom. The lowest BCUT2D eigenvalue weighted by molar-refractivity contribution is 0.208. The molecule has 2 aromatic heterocycles. The van der Waals surface area contributed by atoms with E-state index in [1.54, 1.807) is 6.20 Å². The van der Waals surface area contributed by atoms with Crippen molar-refractivity contribution >= 4 is 29.2 Å². The van der Waals surface area contributed by atoms with E-state index in [0.29, 0.717) is 37.8 Å². The van der Waals surface area contributed by atoms with Crippen LogP contribution < -0.4 is 15.5 Å². The summed E-state index contributed by atoms with van der Waals surface area (Å²) in [7, 11) is 0. The summed E-state index contributed by atoms with van der Waals surface area (Å²) in [6.45, 7) is 8.62. The number of aromatic nitrogens is 3. The van der Waals surface area contributed by atoms with Crippen LogP contribution in [-0.4, -0.2) is 52.1 Å². The highest BCUT2D eigenvalue weighted by molar-refractivity contribution is 5.90. The van der Waals surface area contributed by atoms with Crippen molar-refractivity contribution in [3.63, 3.8) is 0 Å². The van der Waals surface area contributed by atoms with Gasteiger partial charge in [0.15, 0.2) is 0 Å². The molecule has 0 unspecified atom stereocenters. The summed E-state index contributed by atoms with van der Waals surface area (Å²) in [4.78, 5) is 30.1. The number of carbonyl (C=O) groups is 1. The second kappa shape index (κ2) is 8.99. The molecule has 8 heteroatoms. The topological polar surface area (TPSA) is 86.3 Å². The average Bonchev–Trinajstić information content (AvgIpc) is 2.77. The van der Waals surface area contributed by atoms with E-state index in [9.17, 15) is 4.79 Å². The summed E-state index contributed by atoms with van der Waals surface area (Å²) in [5.41, 5.74) is 3.12. The van der Waals surface area contributed by atoms with E-state index < -0.39 is 0 Å². The van der Waals surface area contributed by atoms with Crippen molar-refractivity contribution in [1.82, 2.24) is 19.9 Å². The molecule has 0 radical (unpaired) electrons. The van der Waals surface area contributed by atoms with E-state index in [-0.39, 0.29) is 6.03 Å². The van der Waals surface area contributed by atoms with Gasteiger partial charge in [0.05, 0.1) is 0 Å². The molecule has 2 amide bonds. The average molecular weight is 418 g/mol. The zero-order valence-electron chi connectivity index (χ0n) is 18.1. The molecule has 1 aliphatic rings. The summed E-state index contributed by atoms with van der Waals surface area (Å²) in [6.07, 6.45) is 1.74. The number of anilines is 4. The second-order valence-electron chi connectivity index (χ2n) is 7.65. The predicted molar refractivity (Wildman–Crippen MR) is 123 cm³/mol. The highest BCUT2D eigenvalue weighted by Crippen LogP contribution is 2.21. The van der Waals surface area contributed by atoms with E-state index in [2.05, 4.69) is 30.5 Å². The predicted octanol–water partition coefficient (Wildman–Crippen LogP) is 3.89. The van der Waals surface area contributed by atoms with E-state index in [1.165, 1.54) is 0 Å². The summed E-state index contributed by atoms with van der Waals surface area (Å²) < 4.78 is 0. The van der Waals surface area contributed by atoms with E-state index in [1.807, 2.05) is 68.1 Å². The number of carbonyl (C=O) groups excluding carboxylic acids is 1. The highest BCUT2D eigenvalue weighted by Gasteiger charge is 2.23. The monoisotopic (exact) mass is 417 g/mol. The Kier molecular flexibility index (Phi) is 5.97. The Morgan fingerprint density at radius 3 is 2.48 bits per heavy atom. The molecule has 4 rings (SSSR count). The van der Waals surface area contributed by atoms with Gasteiger partial charge in [0, 0.05) is 44.1 Å². The molecule has 0 saturated carbocycles. The van der Waals surface area contributed by atoms with Crippen LogP contribution in [0.3, 0.4) is 0 Å². The van der Waals surface area contributed by atoms with Crippen molar-refractivity contribution < 1.29 is 4.79 Å². The number of aryl methyl sites for hydroxylation is 2. The van der Waals surface area contributed by atoms with E-state index in [0.717, 1.165) is 28.5 Å². The molecule has 0 spiro atoms. The van der Waals surface area contributed by atoms with Crippen LogP contribution in [0.25, 0.3) is 0 Å². The van der Waals surface area contributed by atoms with Crippen LogP contribution in [0.5, 0.6) is 0 Å². The van der Waals surface area contributed by atoms with Gasteiger partial charge >= 0.3 is 6.03 Å². The van der Waals surface area contributed by atoms with E-state index in [4.69, 9.17) is 0 Å². The van der Waals surface area contributed by atoms with Crippen LogP contribution in [0.1, 0.15) is 17.0 Å². The molecule has 1 aliphatic heterocycles. The Hall–Kier alpha value is -3.68. The third-order valence-electron chi connectivity index (χ3n) is 5.48. The van der Waals surface area contributed by atoms with Gasteiger partial charge in [-0.15, -0.1) is 0 Å². The molecule has 1 fully saturated rings. The standard InChI is InChI=1S/C23H27N7O/c1-16-7-6-8-19(17(16)2)27-23(31)30-13-11-29(12-14-30)22-15-21(25-18(3)26-22)28-20-9-4-5-10-24-20/h4-10,15H,11-14H2,1-3H3,(H,27,31)(H,24,25,26,28).